The van der Waals surface area contributed by atoms with Gasteiger partial charge < -0.3 is 14.6 Å². The first-order valence-electron chi connectivity index (χ1n) is 7.73. The van der Waals surface area contributed by atoms with E-state index in [0.29, 0.717) is 5.56 Å². The summed E-state index contributed by atoms with van der Waals surface area (Å²) in [4.78, 5) is 11.0. The van der Waals surface area contributed by atoms with Crippen LogP contribution in [-0.4, -0.2) is 29.4 Å². The molecule has 0 radical (unpaired) electrons. The second-order valence-corrected chi connectivity index (χ2v) is 6.26. The van der Waals surface area contributed by atoms with Gasteiger partial charge in [-0.25, -0.2) is 4.79 Å². The Labute approximate surface area is 125 Å². The van der Waals surface area contributed by atoms with Gasteiger partial charge in [0.2, 0.25) is 0 Å². The third-order valence-corrected chi connectivity index (χ3v) is 4.68. The van der Waals surface area contributed by atoms with Crippen molar-refractivity contribution in [1.29, 1.82) is 0 Å². The molecule has 114 valence electrons. The van der Waals surface area contributed by atoms with E-state index in [2.05, 4.69) is 0 Å². The van der Waals surface area contributed by atoms with Crippen LogP contribution in [0.5, 0.6) is 5.75 Å². The lowest BCUT2D eigenvalue weighted by Crippen LogP contribution is -2.41. The van der Waals surface area contributed by atoms with Crippen LogP contribution in [0.1, 0.15) is 54.4 Å². The lowest BCUT2D eigenvalue weighted by molar-refractivity contribution is -0.108. The molecule has 0 amide bonds. The predicted octanol–water partition coefficient (Wildman–Crippen LogP) is 3.56. The Morgan fingerprint density at radius 3 is 2.81 bits per heavy atom. The van der Waals surface area contributed by atoms with Gasteiger partial charge in [-0.05, 0) is 43.5 Å². The van der Waals surface area contributed by atoms with E-state index in [1.807, 2.05) is 6.92 Å². The SMILES string of the molecule is Cc1cc(C(=O)O)ccc1OC1CCOC2(CCCC2)C1. The third kappa shape index (κ3) is 3.05. The van der Waals surface area contributed by atoms with Crippen LogP contribution in [0, 0.1) is 6.92 Å². The van der Waals surface area contributed by atoms with Crippen molar-refractivity contribution in [1.82, 2.24) is 0 Å². The molecule has 21 heavy (non-hydrogen) atoms. The van der Waals surface area contributed by atoms with E-state index in [1.54, 1.807) is 18.2 Å². The lowest BCUT2D eigenvalue weighted by atomic mass is 9.90. The Hall–Kier alpha value is -1.55. The van der Waals surface area contributed by atoms with Crippen LogP contribution in [0.2, 0.25) is 0 Å². The lowest BCUT2D eigenvalue weighted by Gasteiger charge is -2.38. The molecule has 1 atom stereocenters. The fourth-order valence-corrected chi connectivity index (χ4v) is 3.55. The average molecular weight is 290 g/mol. The van der Waals surface area contributed by atoms with Gasteiger partial charge in [-0.15, -0.1) is 0 Å². The highest BCUT2D eigenvalue weighted by Gasteiger charge is 2.40. The summed E-state index contributed by atoms with van der Waals surface area (Å²) in [6.45, 7) is 2.66. The monoisotopic (exact) mass is 290 g/mol. The third-order valence-electron chi connectivity index (χ3n) is 4.68. The Morgan fingerprint density at radius 2 is 2.14 bits per heavy atom. The quantitative estimate of drug-likeness (QED) is 0.924. The molecular formula is C17H22O4. The second-order valence-electron chi connectivity index (χ2n) is 6.26. The van der Waals surface area contributed by atoms with E-state index < -0.39 is 5.97 Å². The smallest absolute Gasteiger partial charge is 0.335 e. The van der Waals surface area contributed by atoms with Crippen molar-refractivity contribution >= 4 is 5.97 Å². The van der Waals surface area contributed by atoms with E-state index in [4.69, 9.17) is 14.6 Å². The van der Waals surface area contributed by atoms with Crippen LogP contribution in [0.15, 0.2) is 18.2 Å². The summed E-state index contributed by atoms with van der Waals surface area (Å²) in [6.07, 6.45) is 6.81. The number of aromatic carboxylic acids is 1. The zero-order chi connectivity index (χ0) is 14.9. The first-order valence-corrected chi connectivity index (χ1v) is 7.73. The molecule has 0 bridgehead atoms. The molecule has 1 saturated carbocycles. The Bertz CT molecular complexity index is 532. The normalized spacial score (nSPS) is 24.1. The highest BCUT2D eigenvalue weighted by atomic mass is 16.5. The molecule has 2 fully saturated rings. The van der Waals surface area contributed by atoms with Crippen LogP contribution >= 0.6 is 0 Å². The number of carboxylic acid groups (broad SMARTS) is 1. The summed E-state index contributed by atoms with van der Waals surface area (Å²) in [5, 5.41) is 9.00. The number of hydrogen-bond acceptors (Lipinski definition) is 3. The zero-order valence-corrected chi connectivity index (χ0v) is 12.4. The van der Waals surface area contributed by atoms with Crippen molar-refractivity contribution in [3.63, 3.8) is 0 Å². The van der Waals surface area contributed by atoms with Gasteiger partial charge in [0.1, 0.15) is 11.9 Å². The molecule has 1 heterocycles. The second kappa shape index (κ2) is 5.68. The number of carbonyl (C=O) groups is 1. The molecule has 1 spiro atoms. The summed E-state index contributed by atoms with van der Waals surface area (Å²) in [6, 6.07) is 5.05. The molecule has 0 aromatic heterocycles. The van der Waals surface area contributed by atoms with Crippen molar-refractivity contribution in [3.8, 4) is 5.75 Å². The van der Waals surface area contributed by atoms with Crippen LogP contribution in [-0.2, 0) is 4.74 Å². The van der Waals surface area contributed by atoms with Crippen LogP contribution < -0.4 is 4.74 Å². The van der Waals surface area contributed by atoms with Crippen LogP contribution in [0.3, 0.4) is 0 Å². The molecular weight excluding hydrogens is 268 g/mol. The minimum Gasteiger partial charge on any atom is -0.490 e. The fourth-order valence-electron chi connectivity index (χ4n) is 3.55. The largest absolute Gasteiger partial charge is 0.490 e. The molecule has 3 rings (SSSR count). The number of ether oxygens (including phenoxy) is 2. The Balaban J connectivity index is 1.70. The number of benzene rings is 1. The molecule has 4 nitrogen and oxygen atoms in total. The van der Waals surface area contributed by atoms with Gasteiger partial charge in [-0.3, -0.25) is 0 Å². The molecule has 1 aromatic carbocycles. The number of hydrogen-bond donors (Lipinski definition) is 1. The summed E-state index contributed by atoms with van der Waals surface area (Å²) >= 11 is 0. The first-order chi connectivity index (χ1) is 10.1. The Kier molecular flexibility index (Phi) is 3.89. The summed E-state index contributed by atoms with van der Waals surface area (Å²) in [7, 11) is 0. The number of rotatable bonds is 3. The van der Waals surface area contributed by atoms with Crippen LogP contribution in [0.4, 0.5) is 0 Å². The maximum atomic E-state index is 11.0. The van der Waals surface area contributed by atoms with Gasteiger partial charge in [0.25, 0.3) is 0 Å². The molecule has 1 aliphatic heterocycles. The Morgan fingerprint density at radius 1 is 1.38 bits per heavy atom. The van der Waals surface area contributed by atoms with Crippen molar-refractivity contribution < 1.29 is 19.4 Å². The molecule has 1 unspecified atom stereocenters. The maximum absolute atomic E-state index is 11.0. The highest BCUT2D eigenvalue weighted by Crippen LogP contribution is 2.41. The molecule has 2 aliphatic rings. The minimum absolute atomic E-state index is 0.0395. The standard InChI is InChI=1S/C17H22O4/c1-12-10-13(16(18)19)4-5-15(12)21-14-6-9-20-17(11-14)7-2-3-8-17/h4-5,10,14H,2-3,6-9,11H2,1H3,(H,18,19). The predicted molar refractivity (Wildman–Crippen MR) is 78.9 cm³/mol. The van der Waals surface area contributed by atoms with Gasteiger partial charge in [0.15, 0.2) is 0 Å². The van der Waals surface area contributed by atoms with Crippen molar-refractivity contribution in [2.75, 3.05) is 6.61 Å². The fraction of sp³-hybridized carbons (Fsp3) is 0.588. The highest BCUT2D eigenvalue weighted by molar-refractivity contribution is 5.88. The maximum Gasteiger partial charge on any atom is 0.335 e. The first kappa shape index (κ1) is 14.4. The van der Waals surface area contributed by atoms with Gasteiger partial charge in [0.05, 0.1) is 17.8 Å². The molecule has 1 saturated heterocycles. The van der Waals surface area contributed by atoms with Crippen molar-refractivity contribution in [2.45, 2.75) is 57.2 Å². The van der Waals surface area contributed by atoms with Crippen molar-refractivity contribution in [3.05, 3.63) is 29.3 Å². The molecule has 4 heteroatoms. The topological polar surface area (TPSA) is 55.8 Å². The summed E-state index contributed by atoms with van der Waals surface area (Å²) < 4.78 is 12.2. The van der Waals surface area contributed by atoms with E-state index in [1.165, 1.54) is 12.8 Å². The molecule has 1 aromatic rings. The summed E-state index contributed by atoms with van der Waals surface area (Å²) in [5.41, 5.74) is 1.22. The van der Waals surface area contributed by atoms with E-state index in [0.717, 1.165) is 43.6 Å². The molecule has 1 N–H and O–H groups in total. The van der Waals surface area contributed by atoms with E-state index in [-0.39, 0.29) is 11.7 Å². The average Bonchev–Trinajstić information content (AvgIpc) is 2.89. The summed E-state index contributed by atoms with van der Waals surface area (Å²) in [5.74, 6) is -0.110. The van der Waals surface area contributed by atoms with Gasteiger partial charge in [0, 0.05) is 12.8 Å². The number of aryl methyl sites for hydroxylation is 1. The number of carboxylic acids is 1. The van der Waals surface area contributed by atoms with E-state index in [9.17, 15) is 4.79 Å². The van der Waals surface area contributed by atoms with E-state index >= 15 is 0 Å². The molecule has 1 aliphatic carbocycles. The van der Waals surface area contributed by atoms with Gasteiger partial charge >= 0.3 is 5.97 Å². The van der Waals surface area contributed by atoms with Gasteiger partial charge in [-0.2, -0.15) is 0 Å². The van der Waals surface area contributed by atoms with Crippen molar-refractivity contribution in [2.24, 2.45) is 0 Å². The zero-order valence-electron chi connectivity index (χ0n) is 12.4. The van der Waals surface area contributed by atoms with Gasteiger partial charge in [-0.1, -0.05) is 12.8 Å². The minimum atomic E-state index is -0.902. The van der Waals surface area contributed by atoms with Crippen LogP contribution in [0.25, 0.3) is 0 Å².